The van der Waals surface area contributed by atoms with E-state index in [4.69, 9.17) is 9.97 Å². The monoisotopic (exact) mass is 508 g/mol. The van der Waals surface area contributed by atoms with Gasteiger partial charge in [-0.15, -0.1) is 0 Å². The van der Waals surface area contributed by atoms with E-state index in [1.54, 1.807) is 12.1 Å². The second-order valence-corrected chi connectivity index (χ2v) is 8.81. The van der Waals surface area contributed by atoms with Gasteiger partial charge in [-0.25, -0.2) is 9.97 Å². The second-order valence-electron chi connectivity index (χ2n) is 7.90. The van der Waals surface area contributed by atoms with Crippen LogP contribution in [0.15, 0.2) is 102 Å². The van der Waals surface area contributed by atoms with Crippen LogP contribution >= 0.6 is 15.9 Å². The van der Waals surface area contributed by atoms with E-state index < -0.39 is 0 Å². The molecule has 0 bridgehead atoms. The van der Waals surface area contributed by atoms with Crippen molar-refractivity contribution < 1.29 is 4.79 Å². The maximum absolute atomic E-state index is 12.8. The summed E-state index contributed by atoms with van der Waals surface area (Å²) in [6.07, 6.45) is 0. The molecule has 5 aromatic rings. The summed E-state index contributed by atoms with van der Waals surface area (Å²) in [5.74, 6) is 0.289. The lowest BCUT2D eigenvalue weighted by Gasteiger charge is -2.12. The van der Waals surface area contributed by atoms with Crippen LogP contribution in [-0.4, -0.2) is 15.9 Å². The molecule has 0 saturated carbocycles. The van der Waals surface area contributed by atoms with Crippen molar-refractivity contribution in [3.63, 3.8) is 0 Å². The van der Waals surface area contributed by atoms with Crippen LogP contribution in [0.1, 0.15) is 15.9 Å². The van der Waals surface area contributed by atoms with Gasteiger partial charge in [-0.3, -0.25) is 4.79 Å². The minimum absolute atomic E-state index is 0.174. The number of hydrogen-bond acceptors (Lipinski definition) is 4. The minimum Gasteiger partial charge on any atom is -0.324 e. The lowest BCUT2D eigenvalue weighted by molar-refractivity contribution is 0.102. The third-order valence-electron chi connectivity index (χ3n) is 5.48. The number of amides is 1. The van der Waals surface area contributed by atoms with Gasteiger partial charge in [-0.2, -0.15) is 0 Å². The molecular weight excluding hydrogens is 488 g/mol. The lowest BCUT2D eigenvalue weighted by Crippen LogP contribution is -2.13. The Morgan fingerprint density at radius 2 is 1.62 bits per heavy atom. The average Bonchev–Trinajstić information content (AvgIpc) is 2.86. The summed E-state index contributed by atoms with van der Waals surface area (Å²) in [4.78, 5) is 22.4. The van der Waals surface area contributed by atoms with Crippen LogP contribution in [0.25, 0.3) is 22.2 Å². The number of nitrogens with one attached hydrogen (secondary N) is 2. The molecule has 0 saturated heterocycles. The fraction of sp³-hybridized carbons (Fsp3) is 0.0357. The van der Waals surface area contributed by atoms with E-state index in [1.807, 2.05) is 91.9 Å². The van der Waals surface area contributed by atoms with E-state index in [2.05, 4.69) is 26.6 Å². The molecule has 4 aromatic carbocycles. The number of nitrogens with zero attached hydrogens (tertiary/aromatic N) is 2. The average molecular weight is 509 g/mol. The minimum atomic E-state index is -0.174. The fourth-order valence-electron chi connectivity index (χ4n) is 3.75. The van der Waals surface area contributed by atoms with Gasteiger partial charge in [0.05, 0.1) is 11.2 Å². The highest BCUT2D eigenvalue weighted by atomic mass is 79.9. The van der Waals surface area contributed by atoms with Crippen molar-refractivity contribution in [1.29, 1.82) is 0 Å². The van der Waals surface area contributed by atoms with E-state index in [9.17, 15) is 4.79 Å². The Kier molecular flexibility index (Phi) is 6.06. The number of aromatic nitrogens is 2. The summed E-state index contributed by atoms with van der Waals surface area (Å²) in [7, 11) is 0. The number of carbonyl (C=O) groups is 1. The highest BCUT2D eigenvalue weighted by Crippen LogP contribution is 2.30. The molecule has 0 aliphatic heterocycles. The van der Waals surface area contributed by atoms with Crippen LogP contribution in [0.5, 0.6) is 0 Å². The summed E-state index contributed by atoms with van der Waals surface area (Å²) in [5, 5.41) is 7.21. The summed E-state index contributed by atoms with van der Waals surface area (Å²) in [5.41, 5.74) is 5.74. The Morgan fingerprint density at radius 3 is 2.44 bits per heavy atom. The lowest BCUT2D eigenvalue weighted by atomic mass is 10.1. The van der Waals surface area contributed by atoms with Crippen LogP contribution < -0.4 is 10.6 Å². The molecule has 0 unspecified atom stereocenters. The van der Waals surface area contributed by atoms with Crippen molar-refractivity contribution in [3.05, 3.63) is 113 Å². The van der Waals surface area contributed by atoms with E-state index in [0.717, 1.165) is 43.6 Å². The molecule has 0 aliphatic carbocycles. The van der Waals surface area contributed by atoms with Crippen molar-refractivity contribution >= 4 is 50.1 Å². The number of halogens is 1. The molecule has 5 nitrogen and oxygen atoms in total. The van der Waals surface area contributed by atoms with Gasteiger partial charge in [-0.05, 0) is 55.0 Å². The zero-order valence-electron chi connectivity index (χ0n) is 18.4. The fourth-order valence-corrected chi connectivity index (χ4v) is 4.11. The molecule has 2 N–H and O–H groups in total. The molecule has 1 amide bonds. The standard InChI is InChI=1S/C28H21BrN4O/c1-18-8-5-6-13-24(18)31-27(34)20-11-7-12-22(16-20)30-28-32-25-15-14-21(29)17-23(25)26(33-28)19-9-3-2-4-10-19/h2-17H,1H3,(H,31,34)(H,30,32,33). The van der Waals surface area contributed by atoms with Crippen LogP contribution in [0, 0.1) is 6.92 Å². The van der Waals surface area contributed by atoms with Crippen LogP contribution in [0.3, 0.4) is 0 Å². The molecule has 5 rings (SSSR count). The van der Waals surface area contributed by atoms with Gasteiger partial charge < -0.3 is 10.6 Å². The van der Waals surface area contributed by atoms with Gasteiger partial charge in [-0.1, -0.05) is 70.5 Å². The number of hydrogen-bond donors (Lipinski definition) is 2. The van der Waals surface area contributed by atoms with Gasteiger partial charge in [0.25, 0.3) is 5.91 Å². The van der Waals surface area contributed by atoms with Gasteiger partial charge in [0.15, 0.2) is 0 Å². The third kappa shape index (κ3) is 4.67. The summed E-state index contributed by atoms with van der Waals surface area (Å²) >= 11 is 3.55. The van der Waals surface area contributed by atoms with Crippen molar-refractivity contribution in [2.45, 2.75) is 6.92 Å². The van der Waals surface area contributed by atoms with Crippen LogP contribution in [0.4, 0.5) is 17.3 Å². The molecule has 166 valence electrons. The summed E-state index contributed by atoms with van der Waals surface area (Å²) in [6, 6.07) is 31.0. The largest absolute Gasteiger partial charge is 0.324 e. The van der Waals surface area contributed by atoms with E-state index in [0.29, 0.717) is 11.5 Å². The first-order valence-electron chi connectivity index (χ1n) is 10.8. The number of carbonyl (C=O) groups excluding carboxylic acids is 1. The Labute approximate surface area is 206 Å². The quantitative estimate of drug-likeness (QED) is 0.260. The normalized spacial score (nSPS) is 10.8. The molecule has 0 spiro atoms. The Morgan fingerprint density at radius 1 is 0.824 bits per heavy atom. The van der Waals surface area contributed by atoms with Gasteiger partial charge in [0.2, 0.25) is 5.95 Å². The Balaban J connectivity index is 1.47. The zero-order chi connectivity index (χ0) is 23.5. The molecule has 6 heteroatoms. The van der Waals surface area contributed by atoms with Crippen molar-refractivity contribution in [2.75, 3.05) is 10.6 Å². The maximum Gasteiger partial charge on any atom is 0.255 e. The Bertz CT molecular complexity index is 1500. The predicted octanol–water partition coefficient (Wildman–Crippen LogP) is 7.36. The topological polar surface area (TPSA) is 66.9 Å². The second kappa shape index (κ2) is 9.45. The van der Waals surface area contributed by atoms with E-state index in [1.165, 1.54) is 0 Å². The van der Waals surface area contributed by atoms with Crippen LogP contribution in [0.2, 0.25) is 0 Å². The van der Waals surface area contributed by atoms with Gasteiger partial charge in [0, 0.05) is 32.4 Å². The maximum atomic E-state index is 12.8. The van der Waals surface area contributed by atoms with Gasteiger partial charge >= 0.3 is 0 Å². The predicted molar refractivity (Wildman–Crippen MR) is 142 cm³/mol. The molecule has 0 aliphatic rings. The SMILES string of the molecule is Cc1ccccc1NC(=O)c1cccc(Nc2nc(-c3ccccc3)c3cc(Br)ccc3n2)c1. The number of anilines is 3. The third-order valence-corrected chi connectivity index (χ3v) is 5.97. The van der Waals surface area contributed by atoms with E-state index in [-0.39, 0.29) is 5.91 Å². The molecule has 1 heterocycles. The molecule has 1 aromatic heterocycles. The Hall–Kier alpha value is -4.03. The first kappa shape index (κ1) is 21.8. The number of para-hydroxylation sites is 1. The summed E-state index contributed by atoms with van der Waals surface area (Å²) < 4.78 is 0.967. The number of benzene rings is 4. The van der Waals surface area contributed by atoms with E-state index >= 15 is 0 Å². The molecule has 0 atom stereocenters. The van der Waals surface area contributed by atoms with Crippen LogP contribution in [-0.2, 0) is 0 Å². The smallest absolute Gasteiger partial charge is 0.255 e. The van der Waals surface area contributed by atoms with Crippen molar-refractivity contribution in [3.8, 4) is 11.3 Å². The first-order valence-corrected chi connectivity index (χ1v) is 11.6. The molecule has 34 heavy (non-hydrogen) atoms. The number of aryl methyl sites for hydroxylation is 1. The molecule has 0 radical (unpaired) electrons. The number of rotatable bonds is 5. The summed E-state index contributed by atoms with van der Waals surface area (Å²) in [6.45, 7) is 1.97. The molecular formula is C28H21BrN4O. The first-order chi connectivity index (χ1) is 16.6. The zero-order valence-corrected chi connectivity index (χ0v) is 20.0. The highest BCUT2D eigenvalue weighted by Gasteiger charge is 2.12. The van der Waals surface area contributed by atoms with Gasteiger partial charge in [0.1, 0.15) is 0 Å². The number of fused-ring (bicyclic) bond motifs is 1. The molecule has 0 fully saturated rings. The van der Waals surface area contributed by atoms with Crippen molar-refractivity contribution in [1.82, 2.24) is 9.97 Å². The van der Waals surface area contributed by atoms with Crippen molar-refractivity contribution in [2.24, 2.45) is 0 Å². The highest BCUT2D eigenvalue weighted by molar-refractivity contribution is 9.10.